The lowest BCUT2D eigenvalue weighted by atomic mass is 10.0. The zero-order valence-electron chi connectivity index (χ0n) is 33.0. The highest BCUT2D eigenvalue weighted by Gasteiger charge is 2.25. The summed E-state index contributed by atoms with van der Waals surface area (Å²) in [6.45, 7) is 6.00. The minimum Gasteiger partial charge on any atom is -0.462 e. The first-order chi connectivity index (χ1) is 24.3. The Morgan fingerprint density at radius 2 is 0.860 bits per heavy atom. The second-order valence-electron chi connectivity index (χ2n) is 14.5. The first-order valence-corrected chi connectivity index (χ1v) is 22.0. The number of rotatable bonds is 37. The lowest BCUT2D eigenvalue weighted by Crippen LogP contribution is -2.31. The van der Waals surface area contributed by atoms with Crippen LogP contribution in [-0.4, -0.2) is 48.2 Å². The Balaban J connectivity index is 4.35. The number of hydrogen-bond acceptors (Lipinski definition) is 8. The van der Waals surface area contributed by atoms with Crippen molar-refractivity contribution in [1.82, 2.24) is 0 Å². The van der Waals surface area contributed by atoms with Crippen LogP contribution in [0.3, 0.4) is 0 Å². The van der Waals surface area contributed by atoms with Crippen LogP contribution in [0.4, 0.5) is 0 Å². The van der Waals surface area contributed by atoms with Crippen LogP contribution >= 0.6 is 11.8 Å². The Labute approximate surface area is 312 Å². The first kappa shape index (κ1) is 48.2. The van der Waals surface area contributed by atoms with Crippen molar-refractivity contribution in [2.75, 3.05) is 19.5 Å². The van der Waals surface area contributed by atoms with E-state index in [-0.39, 0.29) is 31.6 Å². The van der Waals surface area contributed by atoms with Gasteiger partial charge in [-0.15, -0.1) is 11.8 Å². The molecule has 292 valence electrons. The summed E-state index contributed by atoms with van der Waals surface area (Å²) < 4.78 is 15.8. The van der Waals surface area contributed by atoms with Crippen LogP contribution in [0.25, 0.3) is 0 Å². The number of carbonyl (C=O) groups is 3. The number of ether oxygens (including phenoxy) is 3. The van der Waals surface area contributed by atoms with Crippen molar-refractivity contribution < 1.29 is 28.6 Å². The summed E-state index contributed by atoms with van der Waals surface area (Å²) in [7, 11) is 0. The van der Waals surface area contributed by atoms with Gasteiger partial charge in [0.25, 0.3) is 0 Å². The quantitative estimate of drug-likeness (QED) is 0.0354. The fourth-order valence-corrected chi connectivity index (χ4v) is 6.39. The number of carbonyl (C=O) groups excluding carboxylic acids is 3. The van der Waals surface area contributed by atoms with Gasteiger partial charge < -0.3 is 14.2 Å². The molecule has 0 heterocycles. The monoisotopic (exact) mass is 724 g/mol. The molecule has 0 radical (unpaired) electrons. The summed E-state index contributed by atoms with van der Waals surface area (Å²) in [5.41, 5.74) is 0. The van der Waals surface area contributed by atoms with E-state index in [1.54, 1.807) is 6.92 Å². The Bertz CT molecular complexity index is 862. The standard InChI is InChI=1S/C42H77NO6S/c1-5-7-9-11-13-15-17-19-21-23-25-27-29-31-39(44)47-35-38(36-48-40(45)33-34-42(3,37-43)50-4)49-41(46)32-30-28-26-24-22-20-18-16-14-12-10-8-6-2/h38H,5-36H2,1-4H3/t38-,42?/m1/s1. The third kappa shape index (κ3) is 32.2. The molecular weight excluding hydrogens is 647 g/mol. The summed E-state index contributed by atoms with van der Waals surface area (Å²) >= 11 is 1.40. The molecule has 0 aromatic rings. The molecule has 0 spiro atoms. The molecule has 0 aliphatic rings. The Kier molecular flexibility index (Phi) is 34.4. The molecule has 8 heteroatoms. The largest absolute Gasteiger partial charge is 0.462 e. The minimum atomic E-state index is -0.841. The smallest absolute Gasteiger partial charge is 0.306 e. The molecule has 0 aliphatic heterocycles. The average Bonchev–Trinajstić information content (AvgIpc) is 3.12. The topological polar surface area (TPSA) is 103 Å². The van der Waals surface area contributed by atoms with E-state index in [2.05, 4.69) is 19.9 Å². The molecule has 0 bridgehead atoms. The van der Waals surface area contributed by atoms with E-state index in [4.69, 9.17) is 14.2 Å². The molecule has 0 N–H and O–H groups in total. The van der Waals surface area contributed by atoms with Crippen molar-refractivity contribution in [2.24, 2.45) is 0 Å². The maximum atomic E-state index is 12.6. The van der Waals surface area contributed by atoms with E-state index < -0.39 is 16.8 Å². The Hall–Kier alpha value is -1.75. The highest BCUT2D eigenvalue weighted by Crippen LogP contribution is 2.27. The Morgan fingerprint density at radius 1 is 0.540 bits per heavy atom. The highest BCUT2D eigenvalue weighted by atomic mass is 32.2. The van der Waals surface area contributed by atoms with Gasteiger partial charge in [-0.05, 0) is 32.4 Å². The number of esters is 3. The predicted molar refractivity (Wildman–Crippen MR) is 209 cm³/mol. The minimum absolute atomic E-state index is 0.0867. The number of hydrogen-bond donors (Lipinski definition) is 0. The molecule has 0 amide bonds. The Morgan fingerprint density at radius 3 is 1.20 bits per heavy atom. The fourth-order valence-electron chi connectivity index (χ4n) is 6.00. The van der Waals surface area contributed by atoms with E-state index in [0.717, 1.165) is 38.5 Å². The number of thioether (sulfide) groups is 1. The van der Waals surface area contributed by atoms with Crippen LogP contribution in [-0.2, 0) is 28.6 Å². The molecule has 0 saturated carbocycles. The number of nitriles is 1. The number of unbranched alkanes of at least 4 members (excludes halogenated alkanes) is 24. The molecule has 0 rings (SSSR count). The summed E-state index contributed by atoms with van der Waals surface area (Å²) in [5, 5.41) is 9.37. The van der Waals surface area contributed by atoms with Crippen LogP contribution in [0.2, 0.25) is 0 Å². The van der Waals surface area contributed by atoms with E-state index in [9.17, 15) is 19.6 Å². The van der Waals surface area contributed by atoms with Gasteiger partial charge in [0.15, 0.2) is 6.10 Å². The molecular formula is C42H77NO6S. The molecule has 7 nitrogen and oxygen atoms in total. The van der Waals surface area contributed by atoms with Crippen LogP contribution in [0.5, 0.6) is 0 Å². The SMILES string of the molecule is CCCCCCCCCCCCCCCC(=O)OC[C@H](COC(=O)CCC(C)(C#N)SC)OC(=O)CCCCCCCCCCCCCCC. The summed E-state index contributed by atoms with van der Waals surface area (Å²) in [4.78, 5) is 37.5. The van der Waals surface area contributed by atoms with Gasteiger partial charge in [-0.2, -0.15) is 5.26 Å². The lowest BCUT2D eigenvalue weighted by Gasteiger charge is -2.20. The predicted octanol–water partition coefficient (Wildman–Crippen LogP) is 12.4. The number of nitrogens with zero attached hydrogens (tertiary/aromatic N) is 1. The van der Waals surface area contributed by atoms with Gasteiger partial charge in [0.1, 0.15) is 13.2 Å². The molecule has 0 aromatic carbocycles. The maximum absolute atomic E-state index is 12.6. The summed E-state index contributed by atoms with van der Waals surface area (Å²) in [6, 6.07) is 2.23. The lowest BCUT2D eigenvalue weighted by molar-refractivity contribution is -0.167. The summed E-state index contributed by atoms with van der Waals surface area (Å²) in [6.07, 6.45) is 34.2. The van der Waals surface area contributed by atoms with E-state index in [1.807, 2.05) is 6.26 Å². The van der Waals surface area contributed by atoms with E-state index >= 15 is 0 Å². The second kappa shape index (κ2) is 35.6. The maximum Gasteiger partial charge on any atom is 0.306 e. The van der Waals surface area contributed by atoms with Crippen molar-refractivity contribution in [1.29, 1.82) is 5.26 Å². The van der Waals surface area contributed by atoms with Gasteiger partial charge in [-0.25, -0.2) is 0 Å². The van der Waals surface area contributed by atoms with Gasteiger partial charge in [0, 0.05) is 19.3 Å². The summed E-state index contributed by atoms with van der Waals surface area (Å²) in [5.74, 6) is -1.14. The molecule has 0 fully saturated rings. The highest BCUT2D eigenvalue weighted by molar-refractivity contribution is 8.00. The average molecular weight is 724 g/mol. The molecule has 1 unspecified atom stereocenters. The van der Waals surface area contributed by atoms with Crippen LogP contribution in [0, 0.1) is 11.3 Å². The zero-order chi connectivity index (χ0) is 37.0. The molecule has 0 aliphatic carbocycles. The second-order valence-corrected chi connectivity index (χ2v) is 15.8. The first-order valence-electron chi connectivity index (χ1n) is 20.8. The third-order valence-corrected chi connectivity index (χ3v) is 10.8. The fraction of sp³-hybridized carbons (Fsp3) is 0.905. The van der Waals surface area contributed by atoms with E-state index in [0.29, 0.717) is 19.3 Å². The normalized spacial score (nSPS) is 12.9. The molecule has 50 heavy (non-hydrogen) atoms. The molecule has 2 atom stereocenters. The van der Waals surface area contributed by atoms with E-state index in [1.165, 1.54) is 140 Å². The van der Waals surface area contributed by atoms with Crippen molar-refractivity contribution in [3.8, 4) is 6.07 Å². The van der Waals surface area contributed by atoms with Crippen molar-refractivity contribution >= 4 is 29.7 Å². The van der Waals surface area contributed by atoms with Crippen LogP contribution in [0.15, 0.2) is 0 Å². The van der Waals surface area contributed by atoms with Gasteiger partial charge in [-0.3, -0.25) is 14.4 Å². The van der Waals surface area contributed by atoms with Gasteiger partial charge in [0.2, 0.25) is 0 Å². The van der Waals surface area contributed by atoms with Crippen LogP contribution in [0.1, 0.15) is 213 Å². The van der Waals surface area contributed by atoms with Gasteiger partial charge in [0.05, 0.1) is 10.8 Å². The zero-order valence-corrected chi connectivity index (χ0v) is 33.8. The van der Waals surface area contributed by atoms with Crippen molar-refractivity contribution in [3.05, 3.63) is 0 Å². The van der Waals surface area contributed by atoms with Crippen LogP contribution < -0.4 is 0 Å². The molecule has 0 aromatic heterocycles. The van der Waals surface area contributed by atoms with Crippen molar-refractivity contribution in [3.63, 3.8) is 0 Å². The third-order valence-electron chi connectivity index (χ3n) is 9.62. The van der Waals surface area contributed by atoms with Gasteiger partial charge in [-0.1, -0.05) is 168 Å². The van der Waals surface area contributed by atoms with Gasteiger partial charge >= 0.3 is 17.9 Å². The van der Waals surface area contributed by atoms with Crippen molar-refractivity contribution in [2.45, 2.75) is 224 Å². The molecule has 0 saturated heterocycles.